The molecule has 3 heterocycles. The smallest absolute Gasteiger partial charge is 0.266 e. The molecule has 1 atom stereocenters. The van der Waals surface area contributed by atoms with Crippen molar-refractivity contribution in [2.45, 2.75) is 25.8 Å². The summed E-state index contributed by atoms with van der Waals surface area (Å²) in [5, 5.41) is 7.47. The molecule has 2 saturated heterocycles. The predicted octanol–water partition coefficient (Wildman–Crippen LogP) is 0.636. The minimum atomic E-state index is 0.218. The fourth-order valence-corrected chi connectivity index (χ4v) is 2.67. The summed E-state index contributed by atoms with van der Waals surface area (Å²) in [4.78, 5) is 9.15. The first-order valence-electron chi connectivity index (χ1n) is 6.88. The molecular formula is C12H21N5O. The Kier molecular flexibility index (Phi) is 3.47. The van der Waals surface area contributed by atoms with Crippen molar-refractivity contribution < 1.29 is 4.52 Å². The van der Waals surface area contributed by atoms with E-state index in [0.29, 0.717) is 0 Å². The molecule has 6 nitrogen and oxygen atoms in total. The number of rotatable bonds is 3. The first-order valence-corrected chi connectivity index (χ1v) is 6.88. The third kappa shape index (κ3) is 2.35. The highest BCUT2D eigenvalue weighted by Gasteiger charge is 2.25. The van der Waals surface area contributed by atoms with E-state index in [-0.39, 0.29) is 6.04 Å². The van der Waals surface area contributed by atoms with Gasteiger partial charge in [0.05, 0.1) is 6.04 Å². The second kappa shape index (κ2) is 5.24. The van der Waals surface area contributed by atoms with E-state index in [2.05, 4.69) is 32.2 Å². The normalized spacial score (nSPS) is 23.5. The minimum absolute atomic E-state index is 0.218. The van der Waals surface area contributed by atoms with Gasteiger partial charge in [0, 0.05) is 39.3 Å². The fourth-order valence-electron chi connectivity index (χ4n) is 2.67. The molecule has 0 radical (unpaired) electrons. The van der Waals surface area contributed by atoms with Gasteiger partial charge in [-0.25, -0.2) is 0 Å². The van der Waals surface area contributed by atoms with Gasteiger partial charge in [0.25, 0.3) is 5.95 Å². The number of anilines is 1. The summed E-state index contributed by atoms with van der Waals surface area (Å²) >= 11 is 0. The zero-order valence-corrected chi connectivity index (χ0v) is 10.9. The van der Waals surface area contributed by atoms with Gasteiger partial charge in [-0.2, -0.15) is 4.98 Å². The van der Waals surface area contributed by atoms with E-state index in [9.17, 15) is 0 Å². The molecule has 2 aliphatic rings. The Hall–Kier alpha value is -1.14. The third-order valence-corrected chi connectivity index (χ3v) is 3.88. The molecule has 2 fully saturated rings. The Balaban J connectivity index is 1.67. The fraction of sp³-hybridized carbons (Fsp3) is 0.833. The van der Waals surface area contributed by atoms with Gasteiger partial charge in [-0.15, -0.1) is 0 Å². The van der Waals surface area contributed by atoms with Crippen LogP contribution in [0.1, 0.15) is 31.7 Å². The van der Waals surface area contributed by atoms with Crippen molar-refractivity contribution >= 4 is 5.95 Å². The average molecular weight is 251 g/mol. The highest BCUT2D eigenvalue weighted by Crippen LogP contribution is 2.22. The first kappa shape index (κ1) is 11.9. The maximum absolute atomic E-state index is 5.43. The molecule has 18 heavy (non-hydrogen) atoms. The Labute approximate surface area is 107 Å². The summed E-state index contributed by atoms with van der Waals surface area (Å²) in [5.41, 5.74) is 0. The van der Waals surface area contributed by atoms with Crippen LogP contribution in [0.3, 0.4) is 0 Å². The summed E-state index contributed by atoms with van der Waals surface area (Å²) in [5.74, 6) is 1.52. The number of hydrogen-bond acceptors (Lipinski definition) is 6. The zero-order valence-electron chi connectivity index (χ0n) is 10.9. The largest absolute Gasteiger partial charge is 0.338 e. The van der Waals surface area contributed by atoms with Crippen LogP contribution in [0.5, 0.6) is 0 Å². The number of hydrogen-bond donors (Lipinski definition) is 1. The number of nitrogens with one attached hydrogen (secondary N) is 1. The van der Waals surface area contributed by atoms with E-state index >= 15 is 0 Å². The summed E-state index contributed by atoms with van der Waals surface area (Å²) in [6, 6.07) is 0.218. The molecule has 0 aromatic carbocycles. The van der Waals surface area contributed by atoms with Crippen molar-refractivity contribution in [3.63, 3.8) is 0 Å². The van der Waals surface area contributed by atoms with Crippen molar-refractivity contribution in [2.75, 3.05) is 44.2 Å². The second-order valence-corrected chi connectivity index (χ2v) is 5.09. The topological polar surface area (TPSA) is 57.4 Å². The van der Waals surface area contributed by atoms with E-state index < -0.39 is 0 Å². The number of piperazine rings is 1. The molecular weight excluding hydrogens is 230 g/mol. The molecule has 1 unspecified atom stereocenters. The number of nitrogens with zero attached hydrogens (tertiary/aromatic N) is 4. The second-order valence-electron chi connectivity index (χ2n) is 5.09. The minimum Gasteiger partial charge on any atom is -0.338 e. The van der Waals surface area contributed by atoms with E-state index in [1.807, 2.05) is 0 Å². The van der Waals surface area contributed by atoms with Crippen molar-refractivity contribution in [2.24, 2.45) is 0 Å². The summed E-state index contributed by atoms with van der Waals surface area (Å²) in [6.45, 7) is 8.43. The van der Waals surface area contributed by atoms with Crippen molar-refractivity contribution in [1.82, 2.24) is 20.4 Å². The van der Waals surface area contributed by atoms with E-state index in [4.69, 9.17) is 4.52 Å². The van der Waals surface area contributed by atoms with Crippen LogP contribution in [0.4, 0.5) is 5.95 Å². The standard InChI is InChI=1S/C12H21N5O/c1-10(16-8-4-13-5-9-16)11-14-12(15-18-11)17-6-2-3-7-17/h10,13H,2-9H2,1H3. The Bertz CT molecular complexity index is 382. The molecule has 0 aliphatic carbocycles. The van der Waals surface area contributed by atoms with E-state index in [0.717, 1.165) is 51.1 Å². The van der Waals surface area contributed by atoms with Crippen LogP contribution < -0.4 is 10.2 Å². The van der Waals surface area contributed by atoms with Crippen LogP contribution in [0, 0.1) is 0 Å². The summed E-state index contributed by atoms with van der Waals surface area (Å²) in [6.07, 6.45) is 2.47. The highest BCUT2D eigenvalue weighted by atomic mass is 16.5. The van der Waals surface area contributed by atoms with Crippen LogP contribution in [0.15, 0.2) is 4.52 Å². The maximum Gasteiger partial charge on any atom is 0.266 e. The van der Waals surface area contributed by atoms with Gasteiger partial charge >= 0.3 is 0 Å². The van der Waals surface area contributed by atoms with Gasteiger partial charge in [0.15, 0.2) is 0 Å². The molecule has 0 bridgehead atoms. The Morgan fingerprint density at radius 3 is 2.61 bits per heavy atom. The molecule has 0 amide bonds. The molecule has 1 aromatic heterocycles. The van der Waals surface area contributed by atoms with Gasteiger partial charge < -0.3 is 14.7 Å². The molecule has 1 aromatic rings. The summed E-state index contributed by atoms with van der Waals surface area (Å²) < 4.78 is 5.43. The van der Waals surface area contributed by atoms with E-state index in [1.165, 1.54) is 12.8 Å². The maximum atomic E-state index is 5.43. The third-order valence-electron chi connectivity index (χ3n) is 3.88. The quantitative estimate of drug-likeness (QED) is 0.850. The molecule has 0 spiro atoms. The van der Waals surface area contributed by atoms with Crippen molar-refractivity contribution in [3.8, 4) is 0 Å². The lowest BCUT2D eigenvalue weighted by atomic mass is 10.2. The number of aromatic nitrogens is 2. The SMILES string of the molecule is CC(c1nc(N2CCCC2)no1)N1CCNCC1. The predicted molar refractivity (Wildman–Crippen MR) is 68.6 cm³/mol. The lowest BCUT2D eigenvalue weighted by Gasteiger charge is -2.30. The lowest BCUT2D eigenvalue weighted by molar-refractivity contribution is 0.154. The molecule has 0 saturated carbocycles. The van der Waals surface area contributed by atoms with Crippen molar-refractivity contribution in [3.05, 3.63) is 5.89 Å². The molecule has 3 rings (SSSR count). The summed E-state index contributed by atoms with van der Waals surface area (Å²) in [7, 11) is 0. The van der Waals surface area contributed by atoms with Crippen LogP contribution >= 0.6 is 0 Å². The highest BCUT2D eigenvalue weighted by molar-refractivity contribution is 5.29. The van der Waals surface area contributed by atoms with Crippen LogP contribution in [0.2, 0.25) is 0 Å². The lowest BCUT2D eigenvalue weighted by Crippen LogP contribution is -2.44. The molecule has 6 heteroatoms. The van der Waals surface area contributed by atoms with E-state index in [1.54, 1.807) is 0 Å². The van der Waals surface area contributed by atoms with Gasteiger partial charge in [-0.1, -0.05) is 0 Å². The van der Waals surface area contributed by atoms with Gasteiger partial charge in [-0.05, 0) is 24.9 Å². The molecule has 2 aliphatic heterocycles. The molecule has 1 N–H and O–H groups in total. The first-order chi connectivity index (χ1) is 8.84. The van der Waals surface area contributed by atoms with Crippen LogP contribution in [-0.4, -0.2) is 54.3 Å². The van der Waals surface area contributed by atoms with Gasteiger partial charge in [-0.3, -0.25) is 4.90 Å². The van der Waals surface area contributed by atoms with Crippen LogP contribution in [-0.2, 0) is 0 Å². The molecule has 100 valence electrons. The van der Waals surface area contributed by atoms with Crippen molar-refractivity contribution in [1.29, 1.82) is 0 Å². The monoisotopic (exact) mass is 251 g/mol. The van der Waals surface area contributed by atoms with Gasteiger partial charge in [0.2, 0.25) is 5.89 Å². The average Bonchev–Trinajstić information content (AvgIpc) is 3.09. The Morgan fingerprint density at radius 2 is 1.89 bits per heavy atom. The van der Waals surface area contributed by atoms with Gasteiger partial charge in [0.1, 0.15) is 0 Å². The van der Waals surface area contributed by atoms with Crippen LogP contribution in [0.25, 0.3) is 0 Å². The Morgan fingerprint density at radius 1 is 1.17 bits per heavy atom. The zero-order chi connectivity index (χ0) is 12.4.